The second-order valence-electron chi connectivity index (χ2n) is 4.08. The van der Waals surface area contributed by atoms with Gasteiger partial charge >= 0.3 is 0 Å². The molecule has 1 aromatic heterocycles. The molecule has 0 bridgehead atoms. The summed E-state index contributed by atoms with van der Waals surface area (Å²) < 4.78 is 0. The topological polar surface area (TPSA) is 54.0 Å². The number of nitrogens with zero attached hydrogens (tertiary/aromatic N) is 1. The third kappa shape index (κ3) is 4.67. The molecule has 1 heterocycles. The largest absolute Gasteiger partial charge is 0.357 e. The van der Waals surface area contributed by atoms with Crippen LogP contribution in [0.25, 0.3) is 0 Å². The molecule has 7 heteroatoms. The van der Waals surface area contributed by atoms with E-state index in [-0.39, 0.29) is 10.1 Å². The molecule has 21 heavy (non-hydrogen) atoms. The lowest BCUT2D eigenvalue weighted by Crippen LogP contribution is -2.39. The van der Waals surface area contributed by atoms with Crippen LogP contribution >= 0.6 is 35.4 Å². The summed E-state index contributed by atoms with van der Waals surface area (Å²) in [6, 6.07) is 10.2. The molecule has 0 unspecified atom stereocenters. The molecule has 0 saturated carbocycles. The van der Waals surface area contributed by atoms with Gasteiger partial charge in [0, 0.05) is 11.2 Å². The van der Waals surface area contributed by atoms with E-state index in [0.29, 0.717) is 17.1 Å². The van der Waals surface area contributed by atoms with Gasteiger partial charge in [-0.1, -0.05) is 29.3 Å². The Labute approximate surface area is 137 Å². The van der Waals surface area contributed by atoms with Gasteiger partial charge in [0.1, 0.15) is 0 Å². The lowest BCUT2D eigenvalue weighted by atomic mass is 10.2. The highest BCUT2D eigenvalue weighted by Gasteiger charge is 2.12. The summed E-state index contributed by atoms with van der Waals surface area (Å²) in [6.45, 7) is 0.425. The van der Waals surface area contributed by atoms with E-state index in [9.17, 15) is 4.79 Å². The van der Waals surface area contributed by atoms with Crippen LogP contribution in [0.15, 0.2) is 42.6 Å². The minimum atomic E-state index is -0.393. The normalized spacial score (nSPS) is 10.0. The zero-order valence-electron chi connectivity index (χ0n) is 10.8. The first-order chi connectivity index (χ1) is 10.1. The third-order valence-electron chi connectivity index (χ3n) is 2.56. The van der Waals surface area contributed by atoms with Crippen LogP contribution in [0.2, 0.25) is 10.0 Å². The number of pyridine rings is 1. The standard InChI is InChI=1S/C14H11Cl2N3OS/c15-9-4-5-11(12(16)7-9)13(20)19-14(21)18-8-10-3-1-2-6-17-10/h1-7H,8H2,(H2,18,19,20,21). The van der Waals surface area contributed by atoms with Gasteiger partial charge in [0.15, 0.2) is 5.11 Å². The van der Waals surface area contributed by atoms with Crippen LogP contribution in [0.3, 0.4) is 0 Å². The lowest BCUT2D eigenvalue weighted by molar-refractivity contribution is 0.0977. The third-order valence-corrected chi connectivity index (χ3v) is 3.35. The number of thiocarbonyl (C=S) groups is 1. The lowest BCUT2D eigenvalue weighted by Gasteiger charge is -2.10. The molecule has 0 fully saturated rings. The van der Waals surface area contributed by atoms with E-state index in [1.807, 2.05) is 18.2 Å². The molecule has 4 nitrogen and oxygen atoms in total. The first-order valence-corrected chi connectivity index (χ1v) is 7.17. The van der Waals surface area contributed by atoms with Gasteiger partial charge in [-0.05, 0) is 42.5 Å². The fourth-order valence-corrected chi connectivity index (χ4v) is 2.22. The minimum Gasteiger partial charge on any atom is -0.357 e. The molecule has 2 aromatic rings. The molecule has 0 saturated heterocycles. The highest BCUT2D eigenvalue weighted by molar-refractivity contribution is 7.80. The Hall–Kier alpha value is -1.69. The fourth-order valence-electron chi connectivity index (χ4n) is 1.56. The molecule has 0 spiro atoms. The average molecular weight is 340 g/mol. The van der Waals surface area contributed by atoms with E-state index in [1.54, 1.807) is 18.3 Å². The zero-order valence-corrected chi connectivity index (χ0v) is 13.1. The predicted molar refractivity (Wildman–Crippen MR) is 87.6 cm³/mol. The number of halogens is 2. The van der Waals surface area contributed by atoms with Gasteiger partial charge in [-0.25, -0.2) is 0 Å². The van der Waals surface area contributed by atoms with Crippen molar-refractivity contribution in [2.24, 2.45) is 0 Å². The summed E-state index contributed by atoms with van der Waals surface area (Å²) in [7, 11) is 0. The Morgan fingerprint density at radius 1 is 1.24 bits per heavy atom. The maximum atomic E-state index is 12.0. The van der Waals surface area contributed by atoms with Crippen LogP contribution < -0.4 is 10.6 Å². The summed E-state index contributed by atoms with van der Waals surface area (Å²) in [5.41, 5.74) is 1.13. The average Bonchev–Trinajstić information content (AvgIpc) is 2.46. The molecule has 0 radical (unpaired) electrons. The van der Waals surface area contributed by atoms with Gasteiger partial charge in [-0.15, -0.1) is 0 Å². The van der Waals surface area contributed by atoms with Crippen LogP contribution in [0, 0.1) is 0 Å². The number of amides is 1. The SMILES string of the molecule is O=C(NC(=S)NCc1ccccn1)c1ccc(Cl)cc1Cl. The Balaban J connectivity index is 1.91. The number of nitrogens with one attached hydrogen (secondary N) is 2. The number of rotatable bonds is 3. The fraction of sp³-hybridized carbons (Fsp3) is 0.0714. The van der Waals surface area contributed by atoms with Gasteiger partial charge in [0.2, 0.25) is 0 Å². The molecule has 2 rings (SSSR count). The van der Waals surface area contributed by atoms with Crippen molar-refractivity contribution >= 4 is 46.4 Å². The van der Waals surface area contributed by atoms with Gasteiger partial charge in [-0.2, -0.15) is 0 Å². The minimum absolute atomic E-state index is 0.205. The Kier molecular flexibility index (Phi) is 5.50. The number of aromatic nitrogens is 1. The maximum absolute atomic E-state index is 12.0. The summed E-state index contributed by atoms with van der Waals surface area (Å²) >= 11 is 16.8. The van der Waals surface area contributed by atoms with Crippen molar-refractivity contribution in [1.82, 2.24) is 15.6 Å². The van der Waals surface area contributed by atoms with Crippen LogP contribution in [0.5, 0.6) is 0 Å². The van der Waals surface area contributed by atoms with Gasteiger partial charge in [-0.3, -0.25) is 15.1 Å². The molecular formula is C14H11Cl2N3OS. The van der Waals surface area contributed by atoms with E-state index < -0.39 is 5.91 Å². The highest BCUT2D eigenvalue weighted by Crippen LogP contribution is 2.20. The van der Waals surface area contributed by atoms with Gasteiger partial charge < -0.3 is 5.32 Å². The number of hydrogen-bond donors (Lipinski definition) is 2. The van der Waals surface area contributed by atoms with Crippen molar-refractivity contribution in [3.8, 4) is 0 Å². The van der Waals surface area contributed by atoms with Crippen LogP contribution in [-0.2, 0) is 6.54 Å². The molecule has 0 aliphatic rings. The molecule has 0 aliphatic carbocycles. The second-order valence-corrected chi connectivity index (χ2v) is 5.33. The summed E-state index contributed by atoms with van der Waals surface area (Å²) in [5, 5.41) is 6.39. The van der Waals surface area contributed by atoms with Crippen molar-refractivity contribution < 1.29 is 4.79 Å². The number of benzene rings is 1. The Morgan fingerprint density at radius 3 is 2.71 bits per heavy atom. The van der Waals surface area contributed by atoms with Crippen LogP contribution in [0.1, 0.15) is 16.1 Å². The molecule has 0 atom stereocenters. The summed E-state index contributed by atoms with van der Waals surface area (Å²) in [6.07, 6.45) is 1.69. The summed E-state index contributed by atoms with van der Waals surface area (Å²) in [4.78, 5) is 16.2. The quantitative estimate of drug-likeness (QED) is 0.843. The van der Waals surface area contributed by atoms with Crippen LogP contribution in [0.4, 0.5) is 0 Å². The molecule has 108 valence electrons. The maximum Gasteiger partial charge on any atom is 0.258 e. The smallest absolute Gasteiger partial charge is 0.258 e. The van der Waals surface area contributed by atoms with Crippen molar-refractivity contribution in [3.63, 3.8) is 0 Å². The first-order valence-electron chi connectivity index (χ1n) is 6.00. The van der Waals surface area contributed by atoms with Crippen molar-refractivity contribution in [2.75, 3.05) is 0 Å². The molecule has 2 N–H and O–H groups in total. The second kappa shape index (κ2) is 7.36. The van der Waals surface area contributed by atoms with Crippen molar-refractivity contribution in [1.29, 1.82) is 0 Å². The monoisotopic (exact) mass is 339 g/mol. The number of hydrogen-bond acceptors (Lipinski definition) is 3. The molecule has 1 amide bonds. The van der Waals surface area contributed by atoms with E-state index in [1.165, 1.54) is 6.07 Å². The predicted octanol–water partition coefficient (Wildman–Crippen LogP) is 3.19. The highest BCUT2D eigenvalue weighted by atomic mass is 35.5. The van der Waals surface area contributed by atoms with Crippen molar-refractivity contribution in [3.05, 3.63) is 63.9 Å². The Bertz CT molecular complexity index is 665. The van der Waals surface area contributed by atoms with E-state index in [2.05, 4.69) is 15.6 Å². The first kappa shape index (κ1) is 15.7. The number of carbonyl (C=O) groups is 1. The van der Waals surface area contributed by atoms with Crippen LogP contribution in [-0.4, -0.2) is 16.0 Å². The van der Waals surface area contributed by atoms with E-state index in [0.717, 1.165) is 5.69 Å². The Morgan fingerprint density at radius 2 is 2.05 bits per heavy atom. The van der Waals surface area contributed by atoms with Crippen molar-refractivity contribution in [2.45, 2.75) is 6.54 Å². The summed E-state index contributed by atoms with van der Waals surface area (Å²) in [5.74, 6) is -0.393. The number of carbonyl (C=O) groups excluding carboxylic acids is 1. The van der Waals surface area contributed by atoms with E-state index in [4.69, 9.17) is 35.4 Å². The van der Waals surface area contributed by atoms with Gasteiger partial charge in [0.05, 0.1) is 22.8 Å². The van der Waals surface area contributed by atoms with E-state index >= 15 is 0 Å². The molecule has 0 aliphatic heterocycles. The van der Waals surface area contributed by atoms with Gasteiger partial charge in [0.25, 0.3) is 5.91 Å². The molecular weight excluding hydrogens is 329 g/mol. The zero-order chi connectivity index (χ0) is 15.2. The molecule has 1 aromatic carbocycles.